The smallest absolute Gasteiger partial charge is 0.356 e. The molecule has 0 fully saturated rings. The van der Waals surface area contributed by atoms with Gasteiger partial charge in [-0.05, 0) is 19.9 Å². The lowest BCUT2D eigenvalue weighted by molar-refractivity contribution is -0.143. The van der Waals surface area contributed by atoms with Crippen LogP contribution in [0.25, 0.3) is 0 Å². The highest BCUT2D eigenvalue weighted by molar-refractivity contribution is 6.02. The standard InChI is InChI=1S/C21H20N2O4/c1-13-3-7-15(8-4-13)19(25)20(16-9-5-14(2)6-10-16)27-21(26)17-11-12-18(24)23-22-17/h3-11,20,22H,12H2,1-2H3,(H,23,24)/t20-/m1/s1. The average molecular weight is 364 g/mol. The van der Waals surface area contributed by atoms with Crippen LogP contribution in [0.15, 0.2) is 60.3 Å². The second-order valence-corrected chi connectivity index (χ2v) is 6.42. The van der Waals surface area contributed by atoms with Crippen molar-refractivity contribution in [1.29, 1.82) is 0 Å². The largest absolute Gasteiger partial charge is 0.444 e. The number of benzene rings is 2. The van der Waals surface area contributed by atoms with E-state index in [1.54, 1.807) is 24.3 Å². The summed E-state index contributed by atoms with van der Waals surface area (Å²) in [5.74, 6) is -1.27. The molecule has 1 aliphatic heterocycles. The lowest BCUT2D eigenvalue weighted by Crippen LogP contribution is -2.42. The molecule has 6 heteroatoms. The molecule has 1 heterocycles. The summed E-state index contributed by atoms with van der Waals surface area (Å²) in [6.45, 7) is 3.87. The van der Waals surface area contributed by atoms with Gasteiger partial charge in [0.1, 0.15) is 5.70 Å². The van der Waals surface area contributed by atoms with Crippen LogP contribution in [0, 0.1) is 13.8 Å². The maximum absolute atomic E-state index is 13.0. The fourth-order valence-corrected chi connectivity index (χ4v) is 2.62. The SMILES string of the molecule is Cc1ccc(C(=O)[C@H](OC(=O)C2=CCC(=O)NN2)c2ccc(C)cc2)cc1. The summed E-state index contributed by atoms with van der Waals surface area (Å²) in [5.41, 5.74) is 8.06. The fraction of sp³-hybridized carbons (Fsp3) is 0.190. The van der Waals surface area contributed by atoms with Crippen LogP contribution in [0.3, 0.4) is 0 Å². The summed E-state index contributed by atoms with van der Waals surface area (Å²) in [6, 6.07) is 14.3. The number of ether oxygens (including phenoxy) is 1. The monoisotopic (exact) mass is 364 g/mol. The predicted molar refractivity (Wildman–Crippen MR) is 99.5 cm³/mol. The van der Waals surface area contributed by atoms with Crippen LogP contribution in [-0.2, 0) is 14.3 Å². The summed E-state index contributed by atoms with van der Waals surface area (Å²) in [6.07, 6.45) is 0.420. The van der Waals surface area contributed by atoms with Gasteiger partial charge in [0.15, 0.2) is 6.10 Å². The van der Waals surface area contributed by atoms with Crippen molar-refractivity contribution in [2.45, 2.75) is 26.4 Å². The number of carbonyl (C=O) groups is 3. The minimum atomic E-state index is -1.08. The van der Waals surface area contributed by atoms with E-state index in [0.29, 0.717) is 11.1 Å². The zero-order valence-electron chi connectivity index (χ0n) is 15.1. The van der Waals surface area contributed by atoms with Crippen LogP contribution >= 0.6 is 0 Å². The minimum absolute atomic E-state index is 0.0680. The Hall–Kier alpha value is -3.41. The van der Waals surface area contributed by atoms with Crippen molar-refractivity contribution < 1.29 is 19.1 Å². The molecule has 0 saturated carbocycles. The summed E-state index contributed by atoms with van der Waals surface area (Å²) in [4.78, 5) is 36.7. The van der Waals surface area contributed by atoms with Gasteiger partial charge in [-0.1, -0.05) is 59.7 Å². The van der Waals surface area contributed by atoms with Crippen molar-refractivity contribution in [3.8, 4) is 0 Å². The molecule has 0 saturated heterocycles. The first-order valence-electron chi connectivity index (χ1n) is 8.57. The number of carbonyl (C=O) groups excluding carboxylic acids is 3. The Balaban J connectivity index is 1.88. The first-order chi connectivity index (χ1) is 12.9. The molecule has 3 rings (SSSR count). The van der Waals surface area contributed by atoms with Gasteiger partial charge < -0.3 is 4.74 Å². The fourth-order valence-electron chi connectivity index (χ4n) is 2.62. The summed E-state index contributed by atoms with van der Waals surface area (Å²) < 4.78 is 5.53. The lowest BCUT2D eigenvalue weighted by Gasteiger charge is -2.21. The molecule has 0 bridgehead atoms. The van der Waals surface area contributed by atoms with Gasteiger partial charge >= 0.3 is 5.97 Å². The van der Waals surface area contributed by atoms with Crippen LogP contribution in [0.2, 0.25) is 0 Å². The van der Waals surface area contributed by atoms with E-state index in [1.807, 2.05) is 38.1 Å². The Morgan fingerprint density at radius 2 is 1.52 bits per heavy atom. The number of nitrogens with one attached hydrogen (secondary N) is 2. The van der Waals surface area contributed by atoms with E-state index < -0.39 is 12.1 Å². The first-order valence-corrected chi connectivity index (χ1v) is 8.57. The van der Waals surface area contributed by atoms with Crippen molar-refractivity contribution in [2.24, 2.45) is 0 Å². The number of hydrazine groups is 1. The van der Waals surface area contributed by atoms with Crippen LogP contribution in [-0.4, -0.2) is 17.7 Å². The van der Waals surface area contributed by atoms with Crippen molar-refractivity contribution in [3.63, 3.8) is 0 Å². The maximum atomic E-state index is 13.0. The van der Waals surface area contributed by atoms with E-state index in [1.165, 1.54) is 6.08 Å². The third-order valence-electron chi connectivity index (χ3n) is 4.23. The third kappa shape index (κ3) is 4.41. The van der Waals surface area contributed by atoms with Gasteiger partial charge in [-0.2, -0.15) is 0 Å². The summed E-state index contributed by atoms with van der Waals surface area (Å²) in [5, 5.41) is 0. The van der Waals surface area contributed by atoms with Crippen LogP contribution in [0.1, 0.15) is 39.6 Å². The number of aryl methyl sites for hydroxylation is 2. The number of ketones is 1. The lowest BCUT2D eigenvalue weighted by atomic mass is 9.98. The predicted octanol–water partition coefficient (Wildman–Crippen LogP) is 2.68. The van der Waals surface area contributed by atoms with Crippen molar-refractivity contribution in [3.05, 3.63) is 82.6 Å². The zero-order valence-corrected chi connectivity index (χ0v) is 15.1. The number of Topliss-reactive ketones (excluding diaryl/α,β-unsaturated/α-hetero) is 1. The normalized spacial score (nSPS) is 14.4. The van der Waals surface area contributed by atoms with E-state index in [-0.39, 0.29) is 23.8 Å². The molecule has 27 heavy (non-hydrogen) atoms. The second kappa shape index (κ2) is 7.86. The zero-order chi connectivity index (χ0) is 19.4. The Morgan fingerprint density at radius 1 is 0.926 bits per heavy atom. The minimum Gasteiger partial charge on any atom is -0.444 e. The van der Waals surface area contributed by atoms with Gasteiger partial charge in [0, 0.05) is 17.5 Å². The molecule has 1 atom stereocenters. The van der Waals surface area contributed by atoms with Crippen molar-refractivity contribution in [2.75, 3.05) is 0 Å². The first kappa shape index (κ1) is 18.4. The molecule has 6 nitrogen and oxygen atoms in total. The van der Waals surface area contributed by atoms with Crippen molar-refractivity contribution in [1.82, 2.24) is 10.9 Å². The van der Waals surface area contributed by atoms with Crippen LogP contribution in [0.5, 0.6) is 0 Å². The van der Waals surface area contributed by atoms with Gasteiger partial charge in [-0.25, -0.2) is 4.79 Å². The molecule has 138 valence electrons. The van der Waals surface area contributed by atoms with Gasteiger partial charge in [0.25, 0.3) is 0 Å². The van der Waals surface area contributed by atoms with Crippen molar-refractivity contribution >= 4 is 17.7 Å². The maximum Gasteiger partial charge on any atom is 0.356 e. The Labute approximate surface area is 157 Å². The molecular weight excluding hydrogens is 344 g/mol. The second-order valence-electron chi connectivity index (χ2n) is 6.42. The molecule has 1 aliphatic rings. The van der Waals surface area contributed by atoms with E-state index in [2.05, 4.69) is 10.9 Å². The highest BCUT2D eigenvalue weighted by Gasteiger charge is 2.28. The van der Waals surface area contributed by atoms with Crippen LogP contribution in [0.4, 0.5) is 0 Å². The number of rotatable bonds is 5. The molecule has 2 aromatic carbocycles. The Kier molecular flexibility index (Phi) is 5.35. The van der Waals surface area contributed by atoms with E-state index >= 15 is 0 Å². The number of hydrogen-bond acceptors (Lipinski definition) is 5. The number of amides is 1. The van der Waals surface area contributed by atoms with Gasteiger partial charge in [0.2, 0.25) is 11.7 Å². The molecule has 0 aromatic heterocycles. The highest BCUT2D eigenvalue weighted by atomic mass is 16.5. The molecule has 2 N–H and O–H groups in total. The Morgan fingerprint density at radius 3 is 2.07 bits per heavy atom. The number of esters is 1. The third-order valence-corrected chi connectivity index (χ3v) is 4.23. The molecule has 0 aliphatic carbocycles. The quantitative estimate of drug-likeness (QED) is 0.629. The van der Waals surface area contributed by atoms with Gasteiger partial charge in [-0.3, -0.25) is 20.4 Å². The summed E-state index contributed by atoms with van der Waals surface area (Å²) in [7, 11) is 0. The van der Waals surface area contributed by atoms with Crippen LogP contribution < -0.4 is 10.9 Å². The molecule has 2 aromatic rings. The topological polar surface area (TPSA) is 84.5 Å². The molecule has 0 spiro atoms. The molecule has 0 radical (unpaired) electrons. The van der Waals surface area contributed by atoms with E-state index in [9.17, 15) is 14.4 Å². The van der Waals surface area contributed by atoms with E-state index in [4.69, 9.17) is 4.74 Å². The number of hydrogen-bond donors (Lipinski definition) is 2. The summed E-state index contributed by atoms with van der Waals surface area (Å²) >= 11 is 0. The Bertz CT molecular complexity index is 899. The van der Waals surface area contributed by atoms with Gasteiger partial charge in [0.05, 0.1) is 0 Å². The molecule has 0 unspecified atom stereocenters. The van der Waals surface area contributed by atoms with E-state index in [0.717, 1.165) is 11.1 Å². The molecular formula is C21H20N2O4. The highest BCUT2D eigenvalue weighted by Crippen LogP contribution is 2.24. The van der Waals surface area contributed by atoms with Gasteiger partial charge in [-0.15, -0.1) is 0 Å². The molecule has 1 amide bonds. The average Bonchev–Trinajstić information content (AvgIpc) is 2.67.